The van der Waals surface area contributed by atoms with E-state index in [9.17, 15) is 14.4 Å². The fourth-order valence-corrected chi connectivity index (χ4v) is 10.9. The third-order valence-corrected chi connectivity index (χ3v) is 16.3. The number of carbonyl (C=O) groups is 3. The van der Waals surface area contributed by atoms with Crippen LogP contribution in [0.25, 0.3) is 0 Å². The lowest BCUT2D eigenvalue weighted by Crippen LogP contribution is -2.30. The van der Waals surface area contributed by atoms with Crippen LogP contribution in [0.2, 0.25) is 0 Å². The second-order valence-electron chi connectivity index (χ2n) is 24.5. The van der Waals surface area contributed by atoms with Crippen LogP contribution in [0.3, 0.4) is 0 Å². The Hall–Kier alpha value is -2.89. The van der Waals surface area contributed by atoms with E-state index < -0.39 is 6.10 Å². The second kappa shape index (κ2) is 70.6. The van der Waals surface area contributed by atoms with Crippen LogP contribution < -0.4 is 0 Å². The number of unbranched alkanes of at least 4 members (excludes halogenated alkanes) is 46. The lowest BCUT2D eigenvalue weighted by molar-refractivity contribution is -0.167. The Kier molecular flexibility index (Phi) is 68.1. The van der Waals surface area contributed by atoms with E-state index in [-0.39, 0.29) is 31.1 Å². The summed E-state index contributed by atoms with van der Waals surface area (Å²) < 4.78 is 16.9. The second-order valence-corrected chi connectivity index (χ2v) is 24.5. The van der Waals surface area contributed by atoms with Gasteiger partial charge in [0.05, 0.1) is 0 Å². The summed E-state index contributed by atoms with van der Waals surface area (Å²) in [5.74, 6) is -0.860. The van der Waals surface area contributed by atoms with Gasteiger partial charge in [0.25, 0.3) is 0 Å². The monoisotopic (exact) mass is 1150 g/mol. The van der Waals surface area contributed by atoms with Crippen LogP contribution in [-0.4, -0.2) is 37.2 Å². The standard InChI is InChI=1S/C76H138O6/c1-4-7-10-13-16-19-21-23-25-27-29-31-33-35-36-37-38-39-40-42-43-45-47-49-51-53-55-57-60-63-66-69-75(78)81-72-73(71-80-74(77)68-65-62-59-18-15-12-9-6-3)82-76(79)70-67-64-61-58-56-54-52-50-48-46-44-41-34-32-30-28-26-24-22-20-17-14-11-8-5-2/h8,11,17,20,24,26,30,32,41,44,73H,4-7,9-10,12-16,18-19,21-23,25,27-29,31,33-40,42-43,45-72H2,1-3H3/b11-8-,20-17-,26-24-,32-30-,44-41-. The zero-order chi connectivity index (χ0) is 59.2. The van der Waals surface area contributed by atoms with Gasteiger partial charge in [-0.2, -0.15) is 0 Å². The van der Waals surface area contributed by atoms with Crippen molar-refractivity contribution in [2.24, 2.45) is 0 Å². The van der Waals surface area contributed by atoms with E-state index in [0.717, 1.165) is 96.3 Å². The van der Waals surface area contributed by atoms with Crippen molar-refractivity contribution in [2.45, 2.75) is 393 Å². The largest absolute Gasteiger partial charge is 0.462 e. The quantitative estimate of drug-likeness (QED) is 0.0261. The highest BCUT2D eigenvalue weighted by Crippen LogP contribution is 2.19. The van der Waals surface area contributed by atoms with E-state index in [1.165, 1.54) is 250 Å². The van der Waals surface area contributed by atoms with Gasteiger partial charge in [0.15, 0.2) is 6.10 Å². The summed E-state index contributed by atoms with van der Waals surface area (Å²) in [7, 11) is 0. The molecule has 0 radical (unpaired) electrons. The molecule has 0 aliphatic heterocycles. The molecule has 0 aliphatic rings. The zero-order valence-corrected chi connectivity index (χ0v) is 55.0. The van der Waals surface area contributed by atoms with Crippen LogP contribution in [0.5, 0.6) is 0 Å². The first-order valence-electron chi connectivity index (χ1n) is 36.3. The minimum absolute atomic E-state index is 0.0719. The first kappa shape index (κ1) is 79.1. The number of ether oxygens (including phenoxy) is 3. The molecule has 0 aromatic carbocycles. The van der Waals surface area contributed by atoms with Gasteiger partial charge in [0.2, 0.25) is 0 Å². The van der Waals surface area contributed by atoms with Crippen molar-refractivity contribution in [3.8, 4) is 0 Å². The molecule has 0 rings (SSSR count). The molecule has 0 N–H and O–H groups in total. The normalized spacial score (nSPS) is 12.4. The smallest absolute Gasteiger partial charge is 0.306 e. The molecular weight excluding hydrogens is 1010 g/mol. The third-order valence-electron chi connectivity index (χ3n) is 16.3. The van der Waals surface area contributed by atoms with Gasteiger partial charge in [-0.05, 0) is 64.2 Å². The first-order chi connectivity index (χ1) is 40.5. The number of esters is 3. The minimum Gasteiger partial charge on any atom is -0.462 e. The molecule has 0 saturated heterocycles. The summed E-state index contributed by atoms with van der Waals surface area (Å²) in [5, 5.41) is 0. The number of rotatable bonds is 67. The Bertz CT molecular complexity index is 1460. The van der Waals surface area contributed by atoms with E-state index in [0.29, 0.717) is 19.3 Å². The van der Waals surface area contributed by atoms with Crippen molar-refractivity contribution in [3.63, 3.8) is 0 Å². The maximum absolute atomic E-state index is 12.9. The maximum atomic E-state index is 12.9. The molecule has 82 heavy (non-hydrogen) atoms. The van der Waals surface area contributed by atoms with Gasteiger partial charge in [-0.15, -0.1) is 0 Å². The average Bonchev–Trinajstić information content (AvgIpc) is 3.48. The van der Waals surface area contributed by atoms with Crippen molar-refractivity contribution < 1.29 is 28.6 Å². The van der Waals surface area contributed by atoms with E-state index in [1.807, 2.05) is 0 Å². The highest BCUT2D eigenvalue weighted by molar-refractivity contribution is 5.71. The molecule has 0 bridgehead atoms. The molecule has 6 heteroatoms. The molecule has 0 aliphatic carbocycles. The fourth-order valence-electron chi connectivity index (χ4n) is 10.9. The molecule has 0 fully saturated rings. The Morgan fingerprint density at radius 1 is 0.256 bits per heavy atom. The Morgan fingerprint density at radius 3 is 0.744 bits per heavy atom. The molecule has 1 atom stereocenters. The Balaban J connectivity index is 4.05. The molecular formula is C76H138O6. The number of hydrogen-bond acceptors (Lipinski definition) is 6. The Morgan fingerprint density at radius 2 is 0.476 bits per heavy atom. The van der Waals surface area contributed by atoms with Gasteiger partial charge < -0.3 is 14.2 Å². The van der Waals surface area contributed by atoms with Crippen molar-refractivity contribution in [3.05, 3.63) is 60.8 Å². The lowest BCUT2D eigenvalue weighted by Gasteiger charge is -2.18. The summed E-state index contributed by atoms with van der Waals surface area (Å²) in [5.41, 5.74) is 0. The van der Waals surface area contributed by atoms with Crippen LogP contribution in [0, 0.1) is 0 Å². The lowest BCUT2D eigenvalue weighted by atomic mass is 10.0. The van der Waals surface area contributed by atoms with E-state index in [1.54, 1.807) is 0 Å². The SMILES string of the molecule is CC/C=C\C/C=C\C/C=C\C/C=C\C/C=C\CCCCCCCCCCCC(=O)OC(COC(=O)CCCCCCCCCC)COC(=O)CCCCCCCCCCCCCCCCCCCCCCCCCCCCCCCCC. The topological polar surface area (TPSA) is 78.9 Å². The molecule has 0 heterocycles. The molecule has 0 saturated carbocycles. The average molecular weight is 1150 g/mol. The highest BCUT2D eigenvalue weighted by atomic mass is 16.6. The third kappa shape index (κ3) is 67.9. The zero-order valence-electron chi connectivity index (χ0n) is 55.0. The van der Waals surface area contributed by atoms with Crippen molar-refractivity contribution in [1.29, 1.82) is 0 Å². The van der Waals surface area contributed by atoms with E-state index in [4.69, 9.17) is 14.2 Å². The van der Waals surface area contributed by atoms with Gasteiger partial charge in [-0.3, -0.25) is 14.4 Å². The summed E-state index contributed by atoms with van der Waals surface area (Å²) in [4.78, 5) is 38.3. The van der Waals surface area contributed by atoms with Gasteiger partial charge in [0.1, 0.15) is 13.2 Å². The van der Waals surface area contributed by atoms with Gasteiger partial charge in [-0.1, -0.05) is 364 Å². The summed E-state index contributed by atoms with van der Waals surface area (Å²) >= 11 is 0. The van der Waals surface area contributed by atoms with Crippen LogP contribution in [0.15, 0.2) is 60.8 Å². The molecule has 1 unspecified atom stereocenters. The van der Waals surface area contributed by atoms with E-state index in [2.05, 4.69) is 81.5 Å². The fraction of sp³-hybridized carbons (Fsp3) is 0.829. The number of hydrogen-bond donors (Lipinski definition) is 0. The highest BCUT2D eigenvalue weighted by Gasteiger charge is 2.19. The first-order valence-corrected chi connectivity index (χ1v) is 36.3. The van der Waals surface area contributed by atoms with Crippen LogP contribution in [0.4, 0.5) is 0 Å². The predicted molar refractivity (Wildman–Crippen MR) is 358 cm³/mol. The van der Waals surface area contributed by atoms with Crippen LogP contribution >= 0.6 is 0 Å². The van der Waals surface area contributed by atoms with Gasteiger partial charge >= 0.3 is 17.9 Å². The molecule has 0 spiro atoms. The minimum atomic E-state index is -0.775. The molecule has 0 aromatic heterocycles. The molecule has 478 valence electrons. The van der Waals surface area contributed by atoms with Crippen LogP contribution in [-0.2, 0) is 28.6 Å². The molecule has 6 nitrogen and oxygen atoms in total. The van der Waals surface area contributed by atoms with Gasteiger partial charge in [0, 0.05) is 19.3 Å². The molecule has 0 amide bonds. The number of allylic oxidation sites excluding steroid dienone is 10. The maximum Gasteiger partial charge on any atom is 0.306 e. The van der Waals surface area contributed by atoms with Crippen molar-refractivity contribution in [2.75, 3.05) is 13.2 Å². The summed E-state index contributed by atoms with van der Waals surface area (Å²) in [6.07, 6.45) is 91.5. The molecule has 0 aromatic rings. The predicted octanol–water partition coefficient (Wildman–Crippen LogP) is 25.1. The summed E-state index contributed by atoms with van der Waals surface area (Å²) in [6, 6.07) is 0. The van der Waals surface area contributed by atoms with Gasteiger partial charge in [-0.25, -0.2) is 0 Å². The van der Waals surface area contributed by atoms with Crippen molar-refractivity contribution >= 4 is 17.9 Å². The summed E-state index contributed by atoms with van der Waals surface area (Å²) in [6.45, 7) is 6.55. The van der Waals surface area contributed by atoms with E-state index >= 15 is 0 Å². The Labute approximate surface area is 510 Å². The van der Waals surface area contributed by atoms with Crippen molar-refractivity contribution in [1.82, 2.24) is 0 Å². The number of carbonyl (C=O) groups excluding carboxylic acids is 3. The van der Waals surface area contributed by atoms with Crippen LogP contribution in [0.1, 0.15) is 387 Å².